The Labute approximate surface area is 80.5 Å². The van der Waals surface area contributed by atoms with E-state index in [4.69, 9.17) is 5.11 Å². The SMILES string of the molecule is CCC(C)NC(C(=O)O)C(C)CC. The molecule has 3 unspecified atom stereocenters. The van der Waals surface area contributed by atoms with Crippen LogP contribution in [0.2, 0.25) is 0 Å². The zero-order chi connectivity index (χ0) is 10.4. The molecule has 2 N–H and O–H groups in total. The Balaban J connectivity index is 4.17. The Kier molecular flexibility index (Phi) is 5.71. The van der Waals surface area contributed by atoms with Gasteiger partial charge in [0, 0.05) is 6.04 Å². The Morgan fingerprint density at radius 2 is 1.85 bits per heavy atom. The molecule has 0 aromatic rings. The first-order valence-electron chi connectivity index (χ1n) is 5.01. The summed E-state index contributed by atoms with van der Waals surface area (Å²) in [5.74, 6) is -0.554. The van der Waals surface area contributed by atoms with Crippen molar-refractivity contribution < 1.29 is 9.90 Å². The molecule has 0 bridgehead atoms. The molecule has 3 heteroatoms. The van der Waals surface area contributed by atoms with Crippen LogP contribution in [0.3, 0.4) is 0 Å². The molecule has 0 aromatic carbocycles. The van der Waals surface area contributed by atoms with Gasteiger partial charge in [-0.25, -0.2) is 0 Å². The number of hydrogen-bond donors (Lipinski definition) is 2. The zero-order valence-corrected chi connectivity index (χ0v) is 9.00. The van der Waals surface area contributed by atoms with Gasteiger partial charge >= 0.3 is 5.97 Å². The number of aliphatic carboxylic acids is 1. The highest BCUT2D eigenvalue weighted by molar-refractivity contribution is 5.73. The monoisotopic (exact) mass is 187 g/mol. The smallest absolute Gasteiger partial charge is 0.320 e. The number of nitrogens with one attached hydrogen (secondary N) is 1. The highest BCUT2D eigenvalue weighted by Gasteiger charge is 2.23. The van der Waals surface area contributed by atoms with Gasteiger partial charge in [0.05, 0.1) is 0 Å². The van der Waals surface area contributed by atoms with Crippen molar-refractivity contribution in [3.05, 3.63) is 0 Å². The fraction of sp³-hybridized carbons (Fsp3) is 0.900. The lowest BCUT2D eigenvalue weighted by atomic mass is 9.98. The third kappa shape index (κ3) is 4.27. The van der Waals surface area contributed by atoms with Crippen LogP contribution in [-0.4, -0.2) is 23.2 Å². The van der Waals surface area contributed by atoms with Gasteiger partial charge in [-0.3, -0.25) is 4.79 Å². The first-order valence-corrected chi connectivity index (χ1v) is 5.01. The van der Waals surface area contributed by atoms with Crippen molar-refractivity contribution in [1.82, 2.24) is 5.32 Å². The minimum atomic E-state index is -0.741. The maximum absolute atomic E-state index is 10.9. The second kappa shape index (κ2) is 5.97. The number of hydrogen-bond acceptors (Lipinski definition) is 2. The summed E-state index contributed by atoms with van der Waals surface area (Å²) in [4.78, 5) is 10.9. The largest absolute Gasteiger partial charge is 0.480 e. The minimum Gasteiger partial charge on any atom is -0.480 e. The van der Waals surface area contributed by atoms with E-state index in [1.807, 2.05) is 27.7 Å². The lowest BCUT2D eigenvalue weighted by molar-refractivity contribution is -0.141. The summed E-state index contributed by atoms with van der Waals surface area (Å²) in [6.45, 7) is 8.04. The molecule has 78 valence electrons. The average molecular weight is 187 g/mol. The maximum Gasteiger partial charge on any atom is 0.320 e. The van der Waals surface area contributed by atoms with Crippen LogP contribution in [0.5, 0.6) is 0 Å². The number of carboxylic acids is 1. The summed E-state index contributed by atoms with van der Waals surface area (Å²) >= 11 is 0. The van der Waals surface area contributed by atoms with E-state index in [9.17, 15) is 4.79 Å². The first-order chi connectivity index (χ1) is 6.02. The molecule has 0 radical (unpaired) electrons. The van der Waals surface area contributed by atoms with Crippen molar-refractivity contribution in [2.24, 2.45) is 5.92 Å². The molecular weight excluding hydrogens is 166 g/mol. The fourth-order valence-corrected chi connectivity index (χ4v) is 1.14. The summed E-state index contributed by atoms with van der Waals surface area (Å²) in [7, 11) is 0. The van der Waals surface area contributed by atoms with Gasteiger partial charge in [0.2, 0.25) is 0 Å². The fourth-order valence-electron chi connectivity index (χ4n) is 1.14. The summed E-state index contributed by atoms with van der Waals surface area (Å²) in [6, 6.07) is -0.130. The molecule has 0 spiro atoms. The van der Waals surface area contributed by atoms with Gasteiger partial charge in [-0.1, -0.05) is 27.2 Å². The molecule has 0 heterocycles. The molecule has 0 amide bonds. The van der Waals surface area contributed by atoms with Crippen LogP contribution in [0.15, 0.2) is 0 Å². The van der Waals surface area contributed by atoms with Gasteiger partial charge in [0.25, 0.3) is 0 Å². The molecule has 0 fully saturated rings. The van der Waals surface area contributed by atoms with Gasteiger partial charge in [-0.2, -0.15) is 0 Å². The molecule has 0 aromatic heterocycles. The number of carbonyl (C=O) groups is 1. The van der Waals surface area contributed by atoms with Gasteiger partial charge in [0.1, 0.15) is 6.04 Å². The van der Waals surface area contributed by atoms with Crippen LogP contribution in [0.1, 0.15) is 40.5 Å². The molecule has 13 heavy (non-hydrogen) atoms. The van der Waals surface area contributed by atoms with Crippen molar-refractivity contribution in [3.8, 4) is 0 Å². The molecule has 3 atom stereocenters. The minimum absolute atomic E-state index is 0.187. The average Bonchev–Trinajstić information content (AvgIpc) is 2.11. The summed E-state index contributed by atoms with van der Waals surface area (Å²) in [6.07, 6.45) is 1.85. The third-order valence-corrected chi connectivity index (χ3v) is 2.56. The molecule has 0 saturated heterocycles. The van der Waals surface area contributed by atoms with Crippen molar-refractivity contribution in [2.45, 2.75) is 52.6 Å². The normalized spacial score (nSPS) is 17.8. The topological polar surface area (TPSA) is 49.3 Å². The summed E-state index contributed by atoms with van der Waals surface area (Å²) in [5.41, 5.74) is 0. The number of rotatable bonds is 6. The van der Waals surface area contributed by atoms with Gasteiger partial charge in [-0.15, -0.1) is 0 Å². The third-order valence-electron chi connectivity index (χ3n) is 2.56. The Morgan fingerprint density at radius 3 is 2.15 bits per heavy atom. The quantitative estimate of drug-likeness (QED) is 0.667. The van der Waals surface area contributed by atoms with Gasteiger partial charge in [0.15, 0.2) is 0 Å². The van der Waals surface area contributed by atoms with E-state index in [0.717, 1.165) is 12.8 Å². The first kappa shape index (κ1) is 12.4. The van der Waals surface area contributed by atoms with Crippen LogP contribution in [0.25, 0.3) is 0 Å². The molecule has 0 aliphatic heterocycles. The van der Waals surface area contributed by atoms with E-state index in [2.05, 4.69) is 5.32 Å². The van der Waals surface area contributed by atoms with Crippen LogP contribution in [0, 0.1) is 5.92 Å². The van der Waals surface area contributed by atoms with Crippen LogP contribution in [-0.2, 0) is 4.79 Å². The van der Waals surface area contributed by atoms with Gasteiger partial charge in [-0.05, 0) is 19.3 Å². The summed E-state index contributed by atoms with van der Waals surface area (Å²) in [5, 5.41) is 12.1. The van der Waals surface area contributed by atoms with E-state index in [-0.39, 0.29) is 12.0 Å². The second-order valence-corrected chi connectivity index (χ2v) is 3.68. The maximum atomic E-state index is 10.9. The van der Waals surface area contributed by atoms with E-state index in [0.29, 0.717) is 0 Å². The van der Waals surface area contributed by atoms with E-state index < -0.39 is 12.0 Å². The number of carboxylic acid groups (broad SMARTS) is 1. The van der Waals surface area contributed by atoms with Crippen molar-refractivity contribution in [2.75, 3.05) is 0 Å². The van der Waals surface area contributed by atoms with Crippen molar-refractivity contribution in [3.63, 3.8) is 0 Å². The lowest BCUT2D eigenvalue weighted by Crippen LogP contribution is -2.45. The molecule has 3 nitrogen and oxygen atoms in total. The molecule has 0 rings (SSSR count). The molecular formula is C10H21NO2. The van der Waals surface area contributed by atoms with Crippen molar-refractivity contribution >= 4 is 5.97 Å². The predicted octanol–water partition coefficient (Wildman–Crippen LogP) is 1.87. The van der Waals surface area contributed by atoms with E-state index in [1.165, 1.54) is 0 Å². The second-order valence-electron chi connectivity index (χ2n) is 3.68. The molecule has 0 aliphatic carbocycles. The Bertz CT molecular complexity index is 159. The van der Waals surface area contributed by atoms with Gasteiger partial charge < -0.3 is 10.4 Å². The van der Waals surface area contributed by atoms with Crippen LogP contribution >= 0.6 is 0 Å². The standard InChI is InChI=1S/C10H21NO2/c1-5-7(3)9(10(12)13)11-8(4)6-2/h7-9,11H,5-6H2,1-4H3,(H,12,13). The zero-order valence-electron chi connectivity index (χ0n) is 9.00. The Hall–Kier alpha value is -0.570. The van der Waals surface area contributed by atoms with Crippen LogP contribution < -0.4 is 5.32 Å². The van der Waals surface area contributed by atoms with E-state index in [1.54, 1.807) is 0 Å². The molecule has 0 saturated carbocycles. The summed E-state index contributed by atoms with van der Waals surface area (Å²) < 4.78 is 0. The predicted molar refractivity (Wildman–Crippen MR) is 53.8 cm³/mol. The van der Waals surface area contributed by atoms with Crippen LogP contribution in [0.4, 0.5) is 0 Å². The van der Waals surface area contributed by atoms with E-state index >= 15 is 0 Å². The highest BCUT2D eigenvalue weighted by atomic mass is 16.4. The van der Waals surface area contributed by atoms with Crippen molar-refractivity contribution in [1.29, 1.82) is 0 Å². The highest BCUT2D eigenvalue weighted by Crippen LogP contribution is 2.09. The molecule has 0 aliphatic rings. The Morgan fingerprint density at radius 1 is 1.31 bits per heavy atom. The lowest BCUT2D eigenvalue weighted by Gasteiger charge is -2.23.